The van der Waals surface area contributed by atoms with Crippen LogP contribution in [0.15, 0.2) is 46.7 Å². The first-order valence-corrected chi connectivity index (χ1v) is 8.77. The summed E-state index contributed by atoms with van der Waals surface area (Å²) in [6.45, 7) is 6.83. The average molecular weight is 327 g/mol. The molecule has 0 bridgehead atoms. The molecule has 0 aliphatic carbocycles. The molecule has 0 fully saturated rings. The topological polar surface area (TPSA) is 37.6 Å². The van der Waals surface area contributed by atoms with E-state index in [1.54, 1.807) is 16.7 Å². The summed E-state index contributed by atoms with van der Waals surface area (Å²) in [7, 11) is 0. The summed E-state index contributed by atoms with van der Waals surface area (Å²) < 4.78 is 1.60. The van der Waals surface area contributed by atoms with Gasteiger partial charge in [-0.05, 0) is 25.5 Å². The highest BCUT2D eigenvalue weighted by Crippen LogP contribution is 2.12. The summed E-state index contributed by atoms with van der Waals surface area (Å²) in [6, 6.07) is 10.3. The van der Waals surface area contributed by atoms with Crippen LogP contribution in [0.5, 0.6) is 0 Å². The van der Waals surface area contributed by atoms with Crippen LogP contribution in [0.3, 0.4) is 0 Å². The standard InChI is InChI=1S/C18H21N3OS/c1-3-8-20(12-15-6-4-14(2)5-7-15)13-16-11-17(22)21-9-10-23-18(21)19-16/h4-7,9-11H,3,8,12-13H2,1-2H3. The van der Waals surface area contributed by atoms with Gasteiger partial charge in [0, 0.05) is 30.7 Å². The molecule has 120 valence electrons. The lowest BCUT2D eigenvalue weighted by molar-refractivity contribution is 0.254. The van der Waals surface area contributed by atoms with E-state index < -0.39 is 0 Å². The summed E-state index contributed by atoms with van der Waals surface area (Å²) in [6.07, 6.45) is 2.85. The molecule has 1 aromatic carbocycles. The second-order valence-electron chi connectivity index (χ2n) is 5.84. The van der Waals surface area contributed by atoms with E-state index in [1.165, 1.54) is 22.5 Å². The quantitative estimate of drug-likeness (QED) is 0.696. The van der Waals surface area contributed by atoms with E-state index in [0.717, 1.165) is 30.2 Å². The third kappa shape index (κ3) is 3.86. The van der Waals surface area contributed by atoms with Gasteiger partial charge in [-0.1, -0.05) is 36.8 Å². The van der Waals surface area contributed by atoms with Gasteiger partial charge in [-0.15, -0.1) is 11.3 Å². The molecule has 3 aromatic rings. The highest BCUT2D eigenvalue weighted by atomic mass is 32.1. The molecule has 0 radical (unpaired) electrons. The summed E-state index contributed by atoms with van der Waals surface area (Å²) in [5, 5.41) is 1.89. The van der Waals surface area contributed by atoms with E-state index in [0.29, 0.717) is 6.54 Å². The van der Waals surface area contributed by atoms with Crippen molar-refractivity contribution < 1.29 is 0 Å². The van der Waals surface area contributed by atoms with Crippen LogP contribution in [0.25, 0.3) is 4.96 Å². The average Bonchev–Trinajstić information content (AvgIpc) is 2.99. The fraction of sp³-hybridized carbons (Fsp3) is 0.333. The first-order chi connectivity index (χ1) is 11.2. The lowest BCUT2D eigenvalue weighted by atomic mass is 10.1. The van der Waals surface area contributed by atoms with Crippen molar-refractivity contribution in [3.8, 4) is 0 Å². The SMILES string of the molecule is CCCN(Cc1ccc(C)cc1)Cc1cc(=O)n2ccsc2n1. The van der Waals surface area contributed by atoms with E-state index in [1.807, 2.05) is 5.38 Å². The summed E-state index contributed by atoms with van der Waals surface area (Å²) in [4.78, 5) is 19.8. The zero-order chi connectivity index (χ0) is 16.2. The minimum atomic E-state index is -0.00182. The van der Waals surface area contributed by atoms with E-state index in [9.17, 15) is 4.79 Å². The van der Waals surface area contributed by atoms with Crippen molar-refractivity contribution in [3.63, 3.8) is 0 Å². The first kappa shape index (κ1) is 15.9. The minimum absolute atomic E-state index is 0.00182. The lowest BCUT2D eigenvalue weighted by Crippen LogP contribution is -2.25. The molecule has 0 atom stereocenters. The van der Waals surface area contributed by atoms with Crippen LogP contribution in [0.2, 0.25) is 0 Å². The Labute approximate surface area is 140 Å². The smallest absolute Gasteiger partial charge is 0.258 e. The van der Waals surface area contributed by atoms with Crippen molar-refractivity contribution in [1.29, 1.82) is 0 Å². The molecule has 0 amide bonds. The van der Waals surface area contributed by atoms with E-state index in [4.69, 9.17) is 0 Å². The number of nitrogens with zero attached hydrogens (tertiary/aromatic N) is 3. The molecule has 0 aliphatic rings. The van der Waals surface area contributed by atoms with Crippen molar-refractivity contribution >= 4 is 16.3 Å². The van der Waals surface area contributed by atoms with Gasteiger partial charge in [-0.25, -0.2) is 4.98 Å². The zero-order valence-corrected chi connectivity index (χ0v) is 14.3. The Hall–Kier alpha value is -1.98. The number of rotatable bonds is 6. The predicted octanol–water partition coefficient (Wildman–Crippen LogP) is 3.48. The molecular formula is C18H21N3OS. The fourth-order valence-electron chi connectivity index (χ4n) is 2.68. The van der Waals surface area contributed by atoms with Gasteiger partial charge in [-0.3, -0.25) is 14.1 Å². The van der Waals surface area contributed by atoms with Crippen LogP contribution < -0.4 is 5.56 Å². The Balaban J connectivity index is 1.80. The predicted molar refractivity (Wildman–Crippen MR) is 94.9 cm³/mol. The number of thiazole rings is 1. The molecule has 5 heteroatoms. The number of hydrogen-bond acceptors (Lipinski definition) is 4. The second kappa shape index (κ2) is 7.06. The molecule has 0 spiro atoms. The Kier molecular flexibility index (Phi) is 4.88. The molecule has 0 saturated carbocycles. The monoisotopic (exact) mass is 327 g/mol. The number of benzene rings is 1. The van der Waals surface area contributed by atoms with Gasteiger partial charge in [0.15, 0.2) is 4.96 Å². The number of aromatic nitrogens is 2. The third-order valence-corrected chi connectivity index (χ3v) is 4.57. The maximum Gasteiger partial charge on any atom is 0.258 e. The Morgan fingerprint density at radius 1 is 1.22 bits per heavy atom. The lowest BCUT2D eigenvalue weighted by Gasteiger charge is -2.21. The highest BCUT2D eigenvalue weighted by Gasteiger charge is 2.10. The molecule has 0 saturated heterocycles. The van der Waals surface area contributed by atoms with Crippen LogP contribution in [-0.4, -0.2) is 20.8 Å². The molecule has 2 heterocycles. The number of hydrogen-bond donors (Lipinski definition) is 0. The van der Waals surface area contributed by atoms with Crippen LogP contribution in [0.4, 0.5) is 0 Å². The normalized spacial score (nSPS) is 11.4. The van der Waals surface area contributed by atoms with Gasteiger partial charge in [0.2, 0.25) is 0 Å². The van der Waals surface area contributed by atoms with Gasteiger partial charge in [0.1, 0.15) is 0 Å². The van der Waals surface area contributed by atoms with Gasteiger partial charge >= 0.3 is 0 Å². The summed E-state index contributed by atoms with van der Waals surface area (Å²) in [5.74, 6) is 0. The maximum absolute atomic E-state index is 12.1. The van der Waals surface area contributed by atoms with Gasteiger partial charge in [0.25, 0.3) is 5.56 Å². The van der Waals surface area contributed by atoms with Crippen molar-refractivity contribution in [2.45, 2.75) is 33.4 Å². The van der Waals surface area contributed by atoms with Crippen molar-refractivity contribution in [3.05, 3.63) is 69.1 Å². The first-order valence-electron chi connectivity index (χ1n) is 7.89. The van der Waals surface area contributed by atoms with E-state index in [-0.39, 0.29) is 5.56 Å². The molecule has 4 nitrogen and oxygen atoms in total. The van der Waals surface area contributed by atoms with Gasteiger partial charge < -0.3 is 0 Å². The van der Waals surface area contributed by atoms with Crippen molar-refractivity contribution in [2.24, 2.45) is 0 Å². The molecule has 23 heavy (non-hydrogen) atoms. The third-order valence-electron chi connectivity index (χ3n) is 3.81. The summed E-state index contributed by atoms with van der Waals surface area (Å²) >= 11 is 1.50. The largest absolute Gasteiger partial charge is 0.293 e. The van der Waals surface area contributed by atoms with Crippen molar-refractivity contribution in [2.75, 3.05) is 6.54 Å². The minimum Gasteiger partial charge on any atom is -0.293 e. The van der Waals surface area contributed by atoms with Crippen LogP contribution >= 0.6 is 11.3 Å². The van der Waals surface area contributed by atoms with Crippen molar-refractivity contribution in [1.82, 2.24) is 14.3 Å². The van der Waals surface area contributed by atoms with Gasteiger partial charge in [-0.2, -0.15) is 0 Å². The highest BCUT2D eigenvalue weighted by molar-refractivity contribution is 7.15. The molecule has 0 unspecified atom stereocenters. The fourth-order valence-corrected chi connectivity index (χ4v) is 3.42. The Bertz CT molecular complexity index is 835. The van der Waals surface area contributed by atoms with Crippen LogP contribution in [0.1, 0.15) is 30.2 Å². The number of fused-ring (bicyclic) bond motifs is 1. The molecule has 0 aliphatic heterocycles. The Morgan fingerprint density at radius 3 is 2.74 bits per heavy atom. The van der Waals surface area contributed by atoms with Crippen LogP contribution in [0, 0.1) is 6.92 Å². The molecule has 0 N–H and O–H groups in total. The number of aryl methyl sites for hydroxylation is 1. The zero-order valence-electron chi connectivity index (χ0n) is 13.5. The molecule has 3 rings (SSSR count). The van der Waals surface area contributed by atoms with Crippen LogP contribution in [-0.2, 0) is 13.1 Å². The Morgan fingerprint density at radius 2 is 2.00 bits per heavy atom. The maximum atomic E-state index is 12.1. The molecular weight excluding hydrogens is 306 g/mol. The van der Waals surface area contributed by atoms with E-state index in [2.05, 4.69) is 48.0 Å². The second-order valence-corrected chi connectivity index (χ2v) is 6.71. The molecule has 2 aromatic heterocycles. The van der Waals surface area contributed by atoms with E-state index >= 15 is 0 Å². The van der Waals surface area contributed by atoms with Gasteiger partial charge in [0.05, 0.1) is 5.69 Å². The summed E-state index contributed by atoms with van der Waals surface area (Å²) in [5.41, 5.74) is 3.41.